The lowest BCUT2D eigenvalue weighted by atomic mass is 10.3. The smallest absolute Gasteiger partial charge is 0.250 e. The van der Waals surface area contributed by atoms with E-state index in [0.29, 0.717) is 16.1 Å². The SMILES string of the molecule is Nc1cccc2no[n+]([O-])c12. The molecule has 56 valence electrons. The number of benzene rings is 1. The molecule has 0 saturated carbocycles. The van der Waals surface area contributed by atoms with Gasteiger partial charge in [0, 0.05) is 5.16 Å². The van der Waals surface area contributed by atoms with Crippen LogP contribution in [0.4, 0.5) is 5.69 Å². The van der Waals surface area contributed by atoms with Gasteiger partial charge in [-0.05, 0) is 17.0 Å². The molecule has 0 amide bonds. The Labute approximate surface area is 61.5 Å². The molecule has 0 bridgehead atoms. The molecule has 2 aromatic rings. The molecule has 1 aromatic heterocycles. The Balaban J connectivity index is 2.96. The van der Waals surface area contributed by atoms with Crippen molar-refractivity contribution >= 4 is 16.7 Å². The number of rotatable bonds is 0. The number of para-hydroxylation sites is 1. The Hall–Kier alpha value is -1.78. The molecule has 0 unspecified atom stereocenters. The standard InChI is InChI=1S/C6H5N3O2/c7-4-2-1-3-5-6(4)9(10)11-8-5/h1-3H,7H2. The summed E-state index contributed by atoms with van der Waals surface area (Å²) in [6.07, 6.45) is 0. The van der Waals surface area contributed by atoms with Crippen LogP contribution in [0.15, 0.2) is 22.8 Å². The van der Waals surface area contributed by atoms with Gasteiger partial charge >= 0.3 is 0 Å². The Bertz CT molecular complexity index is 396. The minimum atomic E-state index is 0.285. The van der Waals surface area contributed by atoms with Crippen molar-refractivity contribution in [2.45, 2.75) is 0 Å². The zero-order valence-corrected chi connectivity index (χ0v) is 5.52. The van der Waals surface area contributed by atoms with Crippen molar-refractivity contribution in [3.05, 3.63) is 23.4 Å². The van der Waals surface area contributed by atoms with E-state index in [9.17, 15) is 5.21 Å². The lowest BCUT2D eigenvalue weighted by Gasteiger charge is -1.89. The molecule has 0 saturated heterocycles. The molecule has 0 radical (unpaired) electrons. The van der Waals surface area contributed by atoms with Gasteiger partial charge < -0.3 is 10.9 Å². The third-order valence-corrected chi connectivity index (χ3v) is 1.44. The van der Waals surface area contributed by atoms with Gasteiger partial charge in [-0.15, -0.1) is 0 Å². The largest absolute Gasteiger partial charge is 0.395 e. The van der Waals surface area contributed by atoms with E-state index in [1.807, 2.05) is 0 Å². The van der Waals surface area contributed by atoms with Crippen molar-refractivity contribution in [1.82, 2.24) is 5.16 Å². The molecule has 0 spiro atoms. The summed E-state index contributed by atoms with van der Waals surface area (Å²) in [5.74, 6) is 0. The summed E-state index contributed by atoms with van der Waals surface area (Å²) < 4.78 is 4.33. The molecule has 0 fully saturated rings. The van der Waals surface area contributed by atoms with Gasteiger partial charge in [-0.1, -0.05) is 6.07 Å². The van der Waals surface area contributed by atoms with E-state index in [1.54, 1.807) is 18.2 Å². The second kappa shape index (κ2) is 1.85. The lowest BCUT2D eigenvalue weighted by molar-refractivity contribution is -0.781. The molecule has 2 rings (SSSR count). The quantitative estimate of drug-likeness (QED) is 0.426. The first-order chi connectivity index (χ1) is 5.29. The van der Waals surface area contributed by atoms with Crippen LogP contribution < -0.4 is 10.6 Å². The third-order valence-electron chi connectivity index (χ3n) is 1.44. The molecule has 0 atom stereocenters. The van der Waals surface area contributed by atoms with E-state index >= 15 is 0 Å². The van der Waals surface area contributed by atoms with E-state index in [2.05, 4.69) is 9.79 Å². The van der Waals surface area contributed by atoms with Gasteiger partial charge in [0.2, 0.25) is 5.52 Å². The summed E-state index contributed by atoms with van der Waals surface area (Å²) in [6.45, 7) is 0. The number of hydrogen-bond donors (Lipinski definition) is 1. The van der Waals surface area contributed by atoms with Crippen LogP contribution in [0.3, 0.4) is 0 Å². The minimum Gasteiger partial charge on any atom is -0.395 e. The van der Waals surface area contributed by atoms with Crippen LogP contribution in [0.1, 0.15) is 0 Å². The van der Waals surface area contributed by atoms with Gasteiger partial charge in [-0.3, -0.25) is 4.63 Å². The predicted octanol–water partition coefficient (Wildman–Crippen LogP) is 0.0434. The van der Waals surface area contributed by atoms with Gasteiger partial charge in [-0.2, -0.15) is 0 Å². The molecule has 0 aliphatic carbocycles. The average Bonchev–Trinajstić information content (AvgIpc) is 2.34. The third kappa shape index (κ3) is 0.706. The molecule has 11 heavy (non-hydrogen) atoms. The van der Waals surface area contributed by atoms with Crippen molar-refractivity contribution in [2.24, 2.45) is 0 Å². The van der Waals surface area contributed by atoms with Crippen molar-refractivity contribution < 1.29 is 9.53 Å². The van der Waals surface area contributed by atoms with Crippen LogP contribution in [0, 0.1) is 5.21 Å². The second-order valence-electron chi connectivity index (χ2n) is 2.15. The Morgan fingerprint density at radius 2 is 2.36 bits per heavy atom. The summed E-state index contributed by atoms with van der Waals surface area (Å²) in [6, 6.07) is 4.98. The Morgan fingerprint density at radius 3 is 3.09 bits per heavy atom. The summed E-state index contributed by atoms with van der Waals surface area (Å²) in [4.78, 5) is 0.296. The maximum Gasteiger partial charge on any atom is 0.250 e. The van der Waals surface area contributed by atoms with Crippen molar-refractivity contribution in [3.8, 4) is 0 Å². The highest BCUT2D eigenvalue weighted by molar-refractivity contribution is 5.82. The molecule has 0 aliphatic heterocycles. The van der Waals surface area contributed by atoms with Crippen LogP contribution in [-0.4, -0.2) is 5.16 Å². The highest BCUT2D eigenvalue weighted by atomic mass is 16.8. The van der Waals surface area contributed by atoms with Crippen molar-refractivity contribution in [2.75, 3.05) is 5.73 Å². The Morgan fingerprint density at radius 1 is 1.55 bits per heavy atom. The monoisotopic (exact) mass is 151 g/mol. The first-order valence-corrected chi connectivity index (χ1v) is 3.03. The molecular formula is C6H5N3O2. The van der Waals surface area contributed by atoms with Gasteiger partial charge in [0.1, 0.15) is 0 Å². The van der Waals surface area contributed by atoms with Gasteiger partial charge in [-0.25, -0.2) is 0 Å². The fourth-order valence-electron chi connectivity index (χ4n) is 0.943. The van der Waals surface area contributed by atoms with Crippen molar-refractivity contribution in [1.29, 1.82) is 0 Å². The first-order valence-electron chi connectivity index (χ1n) is 3.03. The second-order valence-corrected chi connectivity index (χ2v) is 2.15. The Kier molecular flexibility index (Phi) is 1.00. The average molecular weight is 151 g/mol. The van der Waals surface area contributed by atoms with Crippen LogP contribution in [-0.2, 0) is 0 Å². The maximum atomic E-state index is 10.8. The molecular weight excluding hydrogens is 146 g/mol. The molecule has 2 N–H and O–H groups in total. The van der Waals surface area contributed by atoms with Gasteiger partial charge in [0.25, 0.3) is 5.52 Å². The fourth-order valence-corrected chi connectivity index (χ4v) is 0.943. The van der Waals surface area contributed by atoms with Gasteiger partial charge in [0.15, 0.2) is 0 Å². The zero-order chi connectivity index (χ0) is 7.84. The number of hydrogen-bond acceptors (Lipinski definition) is 4. The molecule has 1 heterocycles. The molecule has 1 aromatic carbocycles. The van der Waals surface area contributed by atoms with Crippen molar-refractivity contribution in [3.63, 3.8) is 0 Å². The lowest BCUT2D eigenvalue weighted by Crippen LogP contribution is -2.23. The highest BCUT2D eigenvalue weighted by Crippen LogP contribution is 2.13. The normalized spacial score (nSPS) is 10.5. The first kappa shape index (κ1) is 5.96. The van der Waals surface area contributed by atoms with E-state index < -0.39 is 0 Å². The molecule has 5 nitrogen and oxygen atoms in total. The fraction of sp³-hybridized carbons (Fsp3) is 0. The van der Waals surface area contributed by atoms with Crippen LogP contribution in [0.25, 0.3) is 11.0 Å². The summed E-state index contributed by atoms with van der Waals surface area (Å²) in [7, 11) is 0. The van der Waals surface area contributed by atoms with E-state index in [4.69, 9.17) is 5.73 Å². The maximum absolute atomic E-state index is 10.8. The van der Waals surface area contributed by atoms with E-state index in [-0.39, 0.29) is 5.52 Å². The minimum absolute atomic E-state index is 0.285. The number of nitrogen functional groups attached to an aromatic ring is 1. The number of anilines is 1. The van der Waals surface area contributed by atoms with Crippen LogP contribution in [0.2, 0.25) is 0 Å². The molecule has 0 aliphatic rings. The summed E-state index contributed by atoms with van der Waals surface area (Å²) in [5, 5.41) is 14.3. The van der Waals surface area contributed by atoms with E-state index in [0.717, 1.165) is 0 Å². The van der Waals surface area contributed by atoms with Crippen LogP contribution in [0.5, 0.6) is 0 Å². The highest BCUT2D eigenvalue weighted by Gasteiger charge is 2.10. The topological polar surface area (TPSA) is 79.0 Å². The molecule has 5 heteroatoms. The zero-order valence-electron chi connectivity index (χ0n) is 5.52. The number of fused-ring (bicyclic) bond motifs is 1. The summed E-state index contributed by atoms with van der Waals surface area (Å²) in [5.41, 5.74) is 6.61. The predicted molar refractivity (Wildman–Crippen MR) is 37.4 cm³/mol. The number of nitrogens with zero attached hydrogens (tertiary/aromatic N) is 2. The van der Waals surface area contributed by atoms with E-state index in [1.165, 1.54) is 0 Å². The summed E-state index contributed by atoms with van der Waals surface area (Å²) >= 11 is 0. The van der Waals surface area contributed by atoms with Gasteiger partial charge in [0.05, 0.1) is 5.69 Å². The van der Waals surface area contributed by atoms with Crippen LogP contribution >= 0.6 is 0 Å². The number of aromatic nitrogens is 2. The number of nitrogens with two attached hydrogens (primary N) is 1.